The largest absolute Gasteiger partial charge is 0.369 e. The molecule has 1 aliphatic rings. The summed E-state index contributed by atoms with van der Waals surface area (Å²) in [5.74, 6) is -0.493. The van der Waals surface area contributed by atoms with E-state index in [0.29, 0.717) is 13.0 Å². The van der Waals surface area contributed by atoms with Gasteiger partial charge in [-0.15, -0.1) is 0 Å². The summed E-state index contributed by atoms with van der Waals surface area (Å²) < 4.78 is 0. The normalized spacial score (nSPS) is 27.6. The maximum atomic E-state index is 11.9. The van der Waals surface area contributed by atoms with E-state index < -0.39 is 0 Å². The topological polar surface area (TPSA) is 89.4 Å². The molecule has 0 aromatic carbocycles. The summed E-state index contributed by atoms with van der Waals surface area (Å²) in [5, 5.41) is 0. The molecule has 1 aliphatic heterocycles. The van der Waals surface area contributed by atoms with E-state index in [2.05, 4.69) is 0 Å². The third-order valence-electron chi connectivity index (χ3n) is 3.10. The van der Waals surface area contributed by atoms with E-state index in [4.69, 9.17) is 11.5 Å². The van der Waals surface area contributed by atoms with Gasteiger partial charge in [0.15, 0.2) is 0 Å². The number of likely N-dealkylation sites (tertiary alicyclic amines) is 1. The number of nitrogens with two attached hydrogens (primary N) is 2. The molecule has 1 rings (SSSR count). The van der Waals surface area contributed by atoms with Gasteiger partial charge in [0.05, 0.1) is 5.92 Å². The summed E-state index contributed by atoms with van der Waals surface area (Å²) in [6.45, 7) is 4.25. The molecular weight excluding hydrogens is 206 g/mol. The molecule has 5 heteroatoms. The second-order valence-electron chi connectivity index (χ2n) is 4.75. The van der Waals surface area contributed by atoms with Crippen LogP contribution in [0.25, 0.3) is 0 Å². The van der Waals surface area contributed by atoms with Crippen LogP contribution in [0.1, 0.15) is 33.1 Å². The standard InChI is InChI=1S/C11H21N3O2/c1-7(12)5-10(15)14-6-9(11(13)16)4-3-8(14)2/h7-9H,3-6,12H2,1-2H3,(H2,13,16). The van der Waals surface area contributed by atoms with Gasteiger partial charge in [0.25, 0.3) is 0 Å². The smallest absolute Gasteiger partial charge is 0.224 e. The van der Waals surface area contributed by atoms with Crippen molar-refractivity contribution in [3.63, 3.8) is 0 Å². The van der Waals surface area contributed by atoms with Crippen LogP contribution in [0.5, 0.6) is 0 Å². The minimum absolute atomic E-state index is 0.0217. The number of amides is 2. The highest BCUT2D eigenvalue weighted by atomic mass is 16.2. The molecule has 1 heterocycles. The van der Waals surface area contributed by atoms with Crippen molar-refractivity contribution in [2.75, 3.05) is 6.54 Å². The van der Waals surface area contributed by atoms with E-state index >= 15 is 0 Å². The van der Waals surface area contributed by atoms with Gasteiger partial charge in [0.2, 0.25) is 11.8 Å². The van der Waals surface area contributed by atoms with Crippen LogP contribution in [0, 0.1) is 5.92 Å². The SMILES string of the molecule is CC(N)CC(=O)N1CC(C(N)=O)CCC1C. The zero-order valence-corrected chi connectivity index (χ0v) is 9.98. The molecule has 92 valence electrons. The van der Waals surface area contributed by atoms with E-state index in [1.54, 1.807) is 11.8 Å². The molecule has 0 aliphatic carbocycles. The fourth-order valence-electron chi connectivity index (χ4n) is 2.08. The Bertz CT molecular complexity index is 278. The molecule has 3 atom stereocenters. The van der Waals surface area contributed by atoms with Crippen molar-refractivity contribution in [1.82, 2.24) is 4.90 Å². The molecule has 5 nitrogen and oxygen atoms in total. The van der Waals surface area contributed by atoms with Gasteiger partial charge in [-0.25, -0.2) is 0 Å². The highest BCUT2D eigenvalue weighted by Crippen LogP contribution is 2.22. The summed E-state index contributed by atoms with van der Waals surface area (Å²) in [5.41, 5.74) is 10.9. The Morgan fingerprint density at radius 1 is 1.44 bits per heavy atom. The van der Waals surface area contributed by atoms with Crippen LogP contribution in [-0.4, -0.2) is 35.3 Å². The van der Waals surface area contributed by atoms with Crippen LogP contribution >= 0.6 is 0 Å². The zero-order chi connectivity index (χ0) is 12.3. The van der Waals surface area contributed by atoms with Crippen molar-refractivity contribution in [3.05, 3.63) is 0 Å². The van der Waals surface area contributed by atoms with Gasteiger partial charge in [-0.2, -0.15) is 0 Å². The second kappa shape index (κ2) is 5.30. The first-order valence-corrected chi connectivity index (χ1v) is 5.76. The molecule has 0 radical (unpaired) electrons. The van der Waals surface area contributed by atoms with E-state index in [-0.39, 0.29) is 29.8 Å². The van der Waals surface area contributed by atoms with Gasteiger partial charge >= 0.3 is 0 Å². The Kier molecular flexibility index (Phi) is 4.29. The Hall–Kier alpha value is -1.10. The first-order valence-electron chi connectivity index (χ1n) is 5.76. The summed E-state index contributed by atoms with van der Waals surface area (Å²) in [7, 11) is 0. The maximum Gasteiger partial charge on any atom is 0.224 e. The number of nitrogens with zero attached hydrogens (tertiary/aromatic N) is 1. The lowest BCUT2D eigenvalue weighted by Crippen LogP contribution is -2.49. The molecule has 4 N–H and O–H groups in total. The number of hydrogen-bond donors (Lipinski definition) is 2. The molecule has 2 amide bonds. The predicted molar refractivity (Wildman–Crippen MR) is 61.4 cm³/mol. The number of piperidine rings is 1. The Morgan fingerprint density at radius 2 is 2.06 bits per heavy atom. The summed E-state index contributed by atoms with van der Waals surface area (Å²) in [6, 6.07) is 0.0375. The zero-order valence-electron chi connectivity index (χ0n) is 9.98. The molecule has 16 heavy (non-hydrogen) atoms. The summed E-state index contributed by atoms with van der Waals surface area (Å²) in [4.78, 5) is 24.7. The first kappa shape index (κ1) is 13.0. The maximum absolute atomic E-state index is 11.9. The van der Waals surface area contributed by atoms with Crippen LogP contribution in [0.4, 0.5) is 0 Å². The Morgan fingerprint density at radius 3 is 2.56 bits per heavy atom. The fraction of sp³-hybridized carbons (Fsp3) is 0.818. The van der Waals surface area contributed by atoms with Crippen molar-refractivity contribution in [2.24, 2.45) is 17.4 Å². The molecule has 1 saturated heterocycles. The molecule has 3 unspecified atom stereocenters. The highest BCUT2D eigenvalue weighted by molar-refractivity contribution is 5.80. The average Bonchev–Trinajstić information content (AvgIpc) is 2.16. The number of rotatable bonds is 3. The lowest BCUT2D eigenvalue weighted by atomic mass is 9.92. The number of carbonyl (C=O) groups excluding carboxylic acids is 2. The van der Waals surface area contributed by atoms with Crippen LogP contribution in [-0.2, 0) is 9.59 Å². The molecule has 1 fully saturated rings. The van der Waals surface area contributed by atoms with Gasteiger partial charge in [-0.05, 0) is 26.7 Å². The lowest BCUT2D eigenvalue weighted by Gasteiger charge is -2.37. The third kappa shape index (κ3) is 3.20. The second-order valence-corrected chi connectivity index (χ2v) is 4.75. The van der Waals surface area contributed by atoms with Crippen molar-refractivity contribution in [1.29, 1.82) is 0 Å². The highest BCUT2D eigenvalue weighted by Gasteiger charge is 2.31. The molecule has 0 spiro atoms. The van der Waals surface area contributed by atoms with E-state index in [9.17, 15) is 9.59 Å². The monoisotopic (exact) mass is 227 g/mol. The van der Waals surface area contributed by atoms with E-state index in [1.807, 2.05) is 6.92 Å². The number of carbonyl (C=O) groups is 2. The van der Waals surface area contributed by atoms with Crippen LogP contribution in [0.3, 0.4) is 0 Å². The fourth-order valence-corrected chi connectivity index (χ4v) is 2.08. The van der Waals surface area contributed by atoms with Gasteiger partial charge in [0, 0.05) is 25.0 Å². The minimum atomic E-state index is -0.314. The van der Waals surface area contributed by atoms with E-state index in [1.165, 1.54) is 0 Å². The molecule has 0 aromatic rings. The van der Waals surface area contributed by atoms with Crippen molar-refractivity contribution in [2.45, 2.75) is 45.2 Å². The first-order chi connectivity index (χ1) is 7.41. The van der Waals surface area contributed by atoms with Crippen molar-refractivity contribution < 1.29 is 9.59 Å². The Balaban J connectivity index is 2.62. The van der Waals surface area contributed by atoms with Crippen molar-refractivity contribution in [3.8, 4) is 0 Å². The van der Waals surface area contributed by atoms with Crippen LogP contribution in [0.2, 0.25) is 0 Å². The lowest BCUT2D eigenvalue weighted by molar-refractivity contribution is -0.137. The minimum Gasteiger partial charge on any atom is -0.369 e. The summed E-state index contributed by atoms with van der Waals surface area (Å²) >= 11 is 0. The predicted octanol–water partition coefficient (Wildman–Crippen LogP) is -0.164. The van der Waals surface area contributed by atoms with Crippen LogP contribution in [0.15, 0.2) is 0 Å². The molecule has 0 saturated carbocycles. The average molecular weight is 227 g/mol. The molecular formula is C11H21N3O2. The van der Waals surface area contributed by atoms with Crippen LogP contribution < -0.4 is 11.5 Å². The van der Waals surface area contributed by atoms with Gasteiger partial charge in [-0.3, -0.25) is 9.59 Å². The van der Waals surface area contributed by atoms with E-state index in [0.717, 1.165) is 12.8 Å². The van der Waals surface area contributed by atoms with Gasteiger partial charge in [-0.1, -0.05) is 0 Å². The summed E-state index contributed by atoms with van der Waals surface area (Å²) in [6.07, 6.45) is 1.94. The quantitative estimate of drug-likeness (QED) is 0.701. The molecule has 0 aromatic heterocycles. The van der Waals surface area contributed by atoms with Crippen molar-refractivity contribution >= 4 is 11.8 Å². The number of hydrogen-bond acceptors (Lipinski definition) is 3. The van der Waals surface area contributed by atoms with Gasteiger partial charge < -0.3 is 16.4 Å². The number of primary amides is 1. The Labute approximate surface area is 96.1 Å². The van der Waals surface area contributed by atoms with Gasteiger partial charge in [0.1, 0.15) is 0 Å². The molecule has 0 bridgehead atoms. The third-order valence-corrected chi connectivity index (χ3v) is 3.10.